The second-order valence-electron chi connectivity index (χ2n) is 6.12. The Hall–Kier alpha value is -1.70. The van der Waals surface area contributed by atoms with Gasteiger partial charge < -0.3 is 9.80 Å². The minimum atomic E-state index is -4.57. The maximum Gasteiger partial charge on any atom is 0.341 e. The molecule has 134 valence electrons. The van der Waals surface area contributed by atoms with Crippen LogP contribution in [0.4, 0.5) is 14.5 Å². The fourth-order valence-corrected chi connectivity index (χ4v) is 3.43. The van der Waals surface area contributed by atoms with Gasteiger partial charge in [0.25, 0.3) is 0 Å². The number of alkyl halides is 2. The average Bonchev–Trinajstić information content (AvgIpc) is 2.80. The van der Waals surface area contributed by atoms with Crippen LogP contribution in [-0.4, -0.2) is 51.2 Å². The Balaban J connectivity index is 2.09. The summed E-state index contributed by atoms with van der Waals surface area (Å²) >= 11 is 0. The molecule has 1 aromatic rings. The number of nitrogens with zero attached hydrogens (tertiary/aromatic N) is 2. The predicted molar refractivity (Wildman–Crippen MR) is 87.9 cm³/mol. The Morgan fingerprint density at radius 1 is 1.04 bits per heavy atom. The van der Waals surface area contributed by atoms with E-state index < -0.39 is 15.6 Å². The molecule has 0 aliphatic carbocycles. The monoisotopic (exact) mass is 360 g/mol. The van der Waals surface area contributed by atoms with E-state index in [0.717, 1.165) is 18.7 Å². The van der Waals surface area contributed by atoms with Crippen molar-refractivity contribution in [2.75, 3.05) is 31.1 Å². The number of hydrogen-bond acceptors (Lipinski definition) is 4. The van der Waals surface area contributed by atoms with E-state index >= 15 is 0 Å². The van der Waals surface area contributed by atoms with Gasteiger partial charge >= 0.3 is 5.76 Å². The van der Waals surface area contributed by atoms with Crippen molar-refractivity contribution < 1.29 is 22.0 Å². The normalized spacial score (nSPS) is 16.6. The predicted octanol–water partition coefficient (Wildman–Crippen LogP) is 2.38. The molecule has 1 aromatic carbocycles. The van der Waals surface area contributed by atoms with Crippen LogP contribution in [0.5, 0.6) is 0 Å². The number of halogens is 2. The number of rotatable bonds is 4. The summed E-state index contributed by atoms with van der Waals surface area (Å²) in [5, 5.41) is 0. The number of benzene rings is 1. The Kier molecular flexibility index (Phi) is 5.79. The van der Waals surface area contributed by atoms with E-state index in [1.54, 1.807) is 0 Å². The van der Waals surface area contributed by atoms with Crippen molar-refractivity contribution in [2.45, 2.75) is 30.9 Å². The number of anilines is 1. The van der Waals surface area contributed by atoms with Crippen LogP contribution in [0.3, 0.4) is 0 Å². The zero-order valence-corrected chi connectivity index (χ0v) is 14.6. The van der Waals surface area contributed by atoms with Gasteiger partial charge in [0.2, 0.25) is 15.7 Å². The standard InChI is InChI=1S/C16H22F2N2O3S/c1-12(2)15(21)20-9-3-8-19(10-11-20)13-4-6-14(7-5-13)24(22,23)16(17)18/h4-7,12,16H,3,8-11H2,1-2H3. The Labute approximate surface area is 141 Å². The van der Waals surface area contributed by atoms with Gasteiger partial charge in [0.1, 0.15) is 0 Å². The van der Waals surface area contributed by atoms with Gasteiger partial charge in [-0.2, -0.15) is 8.78 Å². The van der Waals surface area contributed by atoms with Crippen LogP contribution in [0.15, 0.2) is 29.2 Å². The molecule has 5 nitrogen and oxygen atoms in total. The first-order valence-electron chi connectivity index (χ1n) is 7.89. The van der Waals surface area contributed by atoms with Crippen LogP contribution in [0.25, 0.3) is 0 Å². The molecule has 1 saturated heterocycles. The molecule has 0 radical (unpaired) electrons. The molecule has 1 fully saturated rings. The molecule has 0 unspecified atom stereocenters. The molecule has 1 aliphatic heterocycles. The summed E-state index contributed by atoms with van der Waals surface area (Å²) in [7, 11) is -4.57. The van der Waals surface area contributed by atoms with Gasteiger partial charge in [0, 0.05) is 37.8 Å². The van der Waals surface area contributed by atoms with Crippen LogP contribution in [0.2, 0.25) is 0 Å². The lowest BCUT2D eigenvalue weighted by molar-refractivity contribution is -0.134. The molecule has 1 aliphatic rings. The van der Waals surface area contributed by atoms with E-state index in [-0.39, 0.29) is 16.7 Å². The minimum Gasteiger partial charge on any atom is -0.370 e. The molecule has 24 heavy (non-hydrogen) atoms. The van der Waals surface area contributed by atoms with E-state index in [4.69, 9.17) is 0 Å². The van der Waals surface area contributed by atoms with Crippen molar-refractivity contribution in [1.29, 1.82) is 0 Å². The number of sulfone groups is 1. The van der Waals surface area contributed by atoms with Crippen LogP contribution in [-0.2, 0) is 14.6 Å². The summed E-state index contributed by atoms with van der Waals surface area (Å²) in [5.41, 5.74) is 0.766. The van der Waals surface area contributed by atoms with E-state index in [1.165, 1.54) is 24.3 Å². The van der Waals surface area contributed by atoms with Crippen LogP contribution in [0, 0.1) is 5.92 Å². The second-order valence-corrected chi connectivity index (χ2v) is 8.04. The minimum absolute atomic E-state index is 0.0459. The highest BCUT2D eigenvalue weighted by molar-refractivity contribution is 7.91. The molecule has 0 bridgehead atoms. The van der Waals surface area contributed by atoms with E-state index in [0.29, 0.717) is 19.6 Å². The highest BCUT2D eigenvalue weighted by atomic mass is 32.2. The zero-order chi connectivity index (χ0) is 17.9. The van der Waals surface area contributed by atoms with Gasteiger partial charge in [-0.3, -0.25) is 4.79 Å². The first kappa shape index (κ1) is 18.6. The summed E-state index contributed by atoms with van der Waals surface area (Å²) in [4.78, 5) is 15.6. The zero-order valence-electron chi connectivity index (χ0n) is 13.8. The van der Waals surface area contributed by atoms with Gasteiger partial charge in [-0.15, -0.1) is 0 Å². The summed E-state index contributed by atoms with van der Waals surface area (Å²) in [5.74, 6) is -3.34. The average molecular weight is 360 g/mol. The van der Waals surface area contributed by atoms with Gasteiger partial charge in [0.15, 0.2) is 0 Å². The van der Waals surface area contributed by atoms with Gasteiger partial charge in [-0.25, -0.2) is 8.42 Å². The quantitative estimate of drug-likeness (QED) is 0.827. The smallest absolute Gasteiger partial charge is 0.341 e. The fraction of sp³-hybridized carbons (Fsp3) is 0.562. The van der Waals surface area contributed by atoms with Crippen molar-refractivity contribution in [2.24, 2.45) is 5.92 Å². The molecule has 0 atom stereocenters. The van der Waals surface area contributed by atoms with Crippen molar-refractivity contribution in [3.63, 3.8) is 0 Å². The van der Waals surface area contributed by atoms with E-state index in [1.807, 2.05) is 23.6 Å². The first-order chi connectivity index (χ1) is 11.2. The van der Waals surface area contributed by atoms with Gasteiger partial charge in [-0.1, -0.05) is 13.8 Å². The SMILES string of the molecule is CC(C)C(=O)N1CCCN(c2ccc(S(=O)(=O)C(F)F)cc2)CC1. The highest BCUT2D eigenvalue weighted by Crippen LogP contribution is 2.23. The number of carbonyl (C=O) groups excluding carboxylic acids is 1. The van der Waals surface area contributed by atoms with Crippen molar-refractivity contribution in [3.05, 3.63) is 24.3 Å². The Morgan fingerprint density at radius 2 is 1.67 bits per heavy atom. The molecule has 0 N–H and O–H groups in total. The topological polar surface area (TPSA) is 57.7 Å². The van der Waals surface area contributed by atoms with Crippen LogP contribution >= 0.6 is 0 Å². The number of amides is 1. The summed E-state index contributed by atoms with van der Waals surface area (Å²) in [6.07, 6.45) is 0.801. The van der Waals surface area contributed by atoms with Gasteiger partial charge in [-0.05, 0) is 30.7 Å². The number of hydrogen-bond donors (Lipinski definition) is 0. The van der Waals surface area contributed by atoms with Crippen molar-refractivity contribution in [1.82, 2.24) is 4.90 Å². The van der Waals surface area contributed by atoms with E-state index in [9.17, 15) is 22.0 Å². The molecule has 1 heterocycles. The summed E-state index contributed by atoms with van der Waals surface area (Å²) in [6, 6.07) is 5.49. The van der Waals surface area contributed by atoms with Crippen LogP contribution < -0.4 is 4.90 Å². The van der Waals surface area contributed by atoms with E-state index in [2.05, 4.69) is 0 Å². The third-order valence-corrected chi connectivity index (χ3v) is 5.46. The largest absolute Gasteiger partial charge is 0.370 e. The summed E-state index contributed by atoms with van der Waals surface area (Å²) in [6.45, 7) is 6.36. The summed E-state index contributed by atoms with van der Waals surface area (Å²) < 4.78 is 48.0. The molecule has 1 amide bonds. The molecular formula is C16H22F2N2O3S. The Morgan fingerprint density at radius 3 is 2.21 bits per heavy atom. The molecule has 2 rings (SSSR count). The van der Waals surface area contributed by atoms with Crippen molar-refractivity contribution >= 4 is 21.4 Å². The lowest BCUT2D eigenvalue weighted by atomic mass is 10.2. The second kappa shape index (κ2) is 7.46. The first-order valence-corrected chi connectivity index (χ1v) is 9.44. The molecule has 0 aromatic heterocycles. The van der Waals surface area contributed by atoms with Crippen LogP contribution in [0.1, 0.15) is 20.3 Å². The fourth-order valence-electron chi connectivity index (χ4n) is 2.71. The third kappa shape index (κ3) is 4.03. The lowest BCUT2D eigenvalue weighted by Gasteiger charge is -2.24. The highest BCUT2D eigenvalue weighted by Gasteiger charge is 2.27. The Bertz CT molecular complexity index is 675. The third-order valence-electron chi connectivity index (χ3n) is 4.07. The molecular weight excluding hydrogens is 338 g/mol. The maximum atomic E-state index is 12.6. The molecule has 0 spiro atoms. The van der Waals surface area contributed by atoms with Crippen molar-refractivity contribution in [3.8, 4) is 0 Å². The lowest BCUT2D eigenvalue weighted by Crippen LogP contribution is -2.37. The molecule has 0 saturated carbocycles. The molecule has 8 heteroatoms. The number of carbonyl (C=O) groups is 1. The maximum absolute atomic E-state index is 12.6. The van der Waals surface area contributed by atoms with Gasteiger partial charge in [0.05, 0.1) is 4.90 Å².